The first-order chi connectivity index (χ1) is 12.4. The highest BCUT2D eigenvalue weighted by atomic mass is 19.4. The number of hydrogen-bond donors (Lipinski definition) is 0. The molecule has 0 fully saturated rings. The number of rotatable bonds is 5. The maximum atomic E-state index is 12.6. The maximum Gasteiger partial charge on any atom is 0.416 e. The van der Waals surface area contributed by atoms with Gasteiger partial charge in [-0.15, -0.1) is 0 Å². The van der Waals surface area contributed by atoms with Crippen LogP contribution in [0, 0.1) is 0 Å². The van der Waals surface area contributed by atoms with Crippen molar-refractivity contribution >= 4 is 5.78 Å². The van der Waals surface area contributed by atoms with Crippen LogP contribution in [0.25, 0.3) is 0 Å². The van der Waals surface area contributed by atoms with Gasteiger partial charge < -0.3 is 9.47 Å². The number of ether oxygens (including phenoxy) is 2. The van der Waals surface area contributed by atoms with Crippen LogP contribution in [0.15, 0.2) is 72.1 Å². The number of aryl methyl sites for hydroxylation is 1. The first-order valence-electron chi connectivity index (χ1n) is 8.22. The van der Waals surface area contributed by atoms with E-state index < -0.39 is 11.7 Å². The van der Waals surface area contributed by atoms with Gasteiger partial charge in [-0.05, 0) is 42.5 Å². The molecular weight excluding hydrogens is 345 g/mol. The predicted molar refractivity (Wildman–Crippen MR) is 89.6 cm³/mol. The Kier molecular flexibility index (Phi) is 5.30. The summed E-state index contributed by atoms with van der Waals surface area (Å²) >= 11 is 0. The van der Waals surface area contributed by atoms with Crippen molar-refractivity contribution in [3.05, 3.63) is 83.2 Å². The molecule has 1 aromatic carbocycles. The van der Waals surface area contributed by atoms with E-state index in [4.69, 9.17) is 9.47 Å². The van der Waals surface area contributed by atoms with E-state index in [1.165, 1.54) is 24.7 Å². The van der Waals surface area contributed by atoms with Gasteiger partial charge in [0.25, 0.3) is 0 Å². The molecule has 6 heteroatoms. The van der Waals surface area contributed by atoms with E-state index in [2.05, 4.69) is 0 Å². The van der Waals surface area contributed by atoms with Gasteiger partial charge in [-0.2, -0.15) is 13.2 Å². The summed E-state index contributed by atoms with van der Waals surface area (Å²) in [5.41, 5.74) is 0.900. The summed E-state index contributed by atoms with van der Waals surface area (Å²) in [6.07, 6.45) is 6.36. The lowest BCUT2D eigenvalue weighted by Crippen LogP contribution is -2.12. The van der Waals surface area contributed by atoms with Crippen molar-refractivity contribution < 1.29 is 27.4 Å². The third-order valence-electron chi connectivity index (χ3n) is 4.10. The highest BCUT2D eigenvalue weighted by Gasteiger charge is 2.30. The SMILES string of the molecule is O=C(CCc1ccc(C(F)(F)F)cc1)C1=COC=C(C2=CC=CCC2)O1. The van der Waals surface area contributed by atoms with E-state index >= 15 is 0 Å². The minimum Gasteiger partial charge on any atom is -0.465 e. The fourth-order valence-electron chi connectivity index (χ4n) is 2.64. The zero-order valence-electron chi connectivity index (χ0n) is 13.9. The molecule has 0 bridgehead atoms. The van der Waals surface area contributed by atoms with Crippen LogP contribution in [0.1, 0.15) is 30.4 Å². The van der Waals surface area contributed by atoms with Gasteiger partial charge in [-0.25, -0.2) is 0 Å². The Morgan fingerprint density at radius 1 is 1.12 bits per heavy atom. The number of hydrogen-bond acceptors (Lipinski definition) is 3. The summed E-state index contributed by atoms with van der Waals surface area (Å²) in [5.74, 6) is 0.349. The van der Waals surface area contributed by atoms with E-state index in [-0.39, 0.29) is 18.0 Å². The fraction of sp³-hybridized carbons (Fsp3) is 0.250. The zero-order chi connectivity index (χ0) is 18.6. The standard InChI is InChI=1S/C20H17F3O3/c21-20(22,23)16-9-6-14(7-10-16)8-11-17(24)19-13-25-12-18(26-19)15-4-2-1-3-5-15/h1-2,4,6-7,9-10,12-13H,3,5,8,11H2. The van der Waals surface area contributed by atoms with Gasteiger partial charge in [-0.3, -0.25) is 4.79 Å². The summed E-state index contributed by atoms with van der Waals surface area (Å²) in [6, 6.07) is 4.80. The molecule has 0 atom stereocenters. The maximum absolute atomic E-state index is 12.6. The van der Waals surface area contributed by atoms with Gasteiger partial charge in [0, 0.05) is 6.42 Å². The molecule has 3 rings (SSSR count). The van der Waals surface area contributed by atoms with E-state index in [1.807, 2.05) is 18.2 Å². The van der Waals surface area contributed by atoms with Crippen LogP contribution >= 0.6 is 0 Å². The van der Waals surface area contributed by atoms with Crippen molar-refractivity contribution in [1.29, 1.82) is 0 Å². The average molecular weight is 362 g/mol. The first kappa shape index (κ1) is 18.0. The smallest absolute Gasteiger partial charge is 0.416 e. The second kappa shape index (κ2) is 7.64. The lowest BCUT2D eigenvalue weighted by Gasteiger charge is -2.18. The van der Waals surface area contributed by atoms with E-state index in [9.17, 15) is 18.0 Å². The van der Waals surface area contributed by atoms with Crippen molar-refractivity contribution in [3.8, 4) is 0 Å². The number of ketones is 1. The largest absolute Gasteiger partial charge is 0.465 e. The molecule has 0 unspecified atom stereocenters. The van der Waals surface area contributed by atoms with Gasteiger partial charge in [0.15, 0.2) is 5.76 Å². The summed E-state index contributed by atoms with van der Waals surface area (Å²) in [5, 5.41) is 0. The molecule has 1 heterocycles. The van der Waals surface area contributed by atoms with E-state index in [0.29, 0.717) is 17.7 Å². The Morgan fingerprint density at radius 3 is 2.54 bits per heavy atom. The molecule has 0 radical (unpaired) electrons. The molecule has 1 aliphatic carbocycles. The van der Waals surface area contributed by atoms with Gasteiger partial charge in [0.2, 0.25) is 11.5 Å². The number of carbonyl (C=O) groups is 1. The molecule has 0 N–H and O–H groups in total. The van der Waals surface area contributed by atoms with Crippen molar-refractivity contribution in [2.45, 2.75) is 31.9 Å². The summed E-state index contributed by atoms with van der Waals surface area (Å²) in [7, 11) is 0. The van der Waals surface area contributed by atoms with Crippen LogP contribution in [0.5, 0.6) is 0 Å². The normalized spacial score (nSPS) is 16.8. The molecule has 3 nitrogen and oxygen atoms in total. The van der Waals surface area contributed by atoms with Crippen LogP contribution < -0.4 is 0 Å². The second-order valence-electron chi connectivity index (χ2n) is 5.98. The zero-order valence-corrected chi connectivity index (χ0v) is 13.9. The van der Waals surface area contributed by atoms with Gasteiger partial charge >= 0.3 is 6.18 Å². The highest BCUT2D eigenvalue weighted by molar-refractivity contribution is 5.93. The Hall–Kier alpha value is -2.76. The molecule has 1 aromatic rings. The quantitative estimate of drug-likeness (QED) is 0.721. The molecule has 0 aromatic heterocycles. The monoisotopic (exact) mass is 362 g/mol. The van der Waals surface area contributed by atoms with Crippen molar-refractivity contribution in [3.63, 3.8) is 0 Å². The molecule has 2 aliphatic rings. The lowest BCUT2D eigenvalue weighted by atomic mass is 10.0. The number of halogens is 3. The van der Waals surface area contributed by atoms with E-state index in [1.54, 1.807) is 0 Å². The highest BCUT2D eigenvalue weighted by Crippen LogP contribution is 2.30. The topological polar surface area (TPSA) is 35.5 Å². The van der Waals surface area contributed by atoms with Gasteiger partial charge in [0.05, 0.1) is 5.56 Å². The minimum absolute atomic E-state index is 0.102. The molecule has 1 aliphatic heterocycles. The Morgan fingerprint density at radius 2 is 1.88 bits per heavy atom. The summed E-state index contributed by atoms with van der Waals surface area (Å²) in [6.45, 7) is 0. The number of benzene rings is 1. The molecule has 0 saturated heterocycles. The number of alkyl halides is 3. The van der Waals surface area contributed by atoms with Crippen LogP contribution in [0.3, 0.4) is 0 Å². The molecule has 0 saturated carbocycles. The third-order valence-corrected chi connectivity index (χ3v) is 4.10. The average Bonchev–Trinajstić information content (AvgIpc) is 2.66. The molecule has 26 heavy (non-hydrogen) atoms. The number of carbonyl (C=O) groups excluding carboxylic acids is 1. The number of allylic oxidation sites excluding steroid dienone is 5. The Balaban J connectivity index is 1.56. The molecular formula is C20H17F3O3. The molecule has 136 valence electrons. The van der Waals surface area contributed by atoms with Crippen molar-refractivity contribution in [1.82, 2.24) is 0 Å². The summed E-state index contributed by atoms with van der Waals surface area (Å²) < 4.78 is 48.5. The van der Waals surface area contributed by atoms with Gasteiger partial charge in [0.1, 0.15) is 12.5 Å². The van der Waals surface area contributed by atoms with Crippen LogP contribution in [-0.2, 0) is 26.9 Å². The van der Waals surface area contributed by atoms with E-state index in [0.717, 1.165) is 30.5 Å². The minimum atomic E-state index is -4.36. The predicted octanol–water partition coefficient (Wildman–Crippen LogP) is 5.21. The second-order valence-corrected chi connectivity index (χ2v) is 5.98. The van der Waals surface area contributed by atoms with Crippen molar-refractivity contribution in [2.75, 3.05) is 0 Å². The van der Waals surface area contributed by atoms with Crippen LogP contribution in [0.2, 0.25) is 0 Å². The third kappa shape index (κ3) is 4.45. The molecule has 0 amide bonds. The first-order valence-corrected chi connectivity index (χ1v) is 8.22. The van der Waals surface area contributed by atoms with Crippen LogP contribution in [-0.4, -0.2) is 5.78 Å². The Bertz CT molecular complexity index is 797. The molecule has 0 spiro atoms. The van der Waals surface area contributed by atoms with Gasteiger partial charge in [-0.1, -0.05) is 30.4 Å². The lowest BCUT2D eigenvalue weighted by molar-refractivity contribution is -0.137. The number of Topliss-reactive ketones (excluding diaryl/α,β-unsaturated/α-hetero) is 1. The Labute approximate surface area is 149 Å². The van der Waals surface area contributed by atoms with Crippen molar-refractivity contribution in [2.24, 2.45) is 0 Å². The summed E-state index contributed by atoms with van der Waals surface area (Å²) in [4.78, 5) is 12.3. The van der Waals surface area contributed by atoms with Crippen LogP contribution in [0.4, 0.5) is 13.2 Å². The fourth-order valence-corrected chi connectivity index (χ4v) is 2.64.